The fourth-order valence-corrected chi connectivity index (χ4v) is 3.82. The van der Waals surface area contributed by atoms with Crippen molar-refractivity contribution in [2.45, 2.75) is 19.8 Å². The molecule has 0 aliphatic rings. The summed E-state index contributed by atoms with van der Waals surface area (Å²) in [7, 11) is -3.53. The number of benzene rings is 2. The van der Waals surface area contributed by atoms with Gasteiger partial charge in [-0.15, -0.1) is 0 Å². The van der Waals surface area contributed by atoms with Crippen molar-refractivity contribution in [1.29, 1.82) is 0 Å². The lowest BCUT2D eigenvalue weighted by molar-refractivity contribution is -0.116. The molecule has 9 heteroatoms. The van der Waals surface area contributed by atoms with Gasteiger partial charge in [0.15, 0.2) is 0 Å². The van der Waals surface area contributed by atoms with Gasteiger partial charge in [-0.3, -0.25) is 13.9 Å². The number of nitrogens with two attached hydrogens (primary N) is 1. The minimum atomic E-state index is -3.53. The van der Waals surface area contributed by atoms with E-state index in [0.29, 0.717) is 28.4 Å². The predicted molar refractivity (Wildman–Crippen MR) is 111 cm³/mol. The van der Waals surface area contributed by atoms with Gasteiger partial charge in [-0.1, -0.05) is 17.7 Å². The normalized spacial score (nSPS) is 11.1. The Bertz CT molecular complexity index is 975. The van der Waals surface area contributed by atoms with Crippen molar-refractivity contribution in [3.63, 3.8) is 0 Å². The summed E-state index contributed by atoms with van der Waals surface area (Å²) in [5.74, 6) is -0.807. The summed E-state index contributed by atoms with van der Waals surface area (Å²) in [6.45, 7) is 1.94. The highest BCUT2D eigenvalue weighted by Gasteiger charge is 2.19. The Morgan fingerprint density at radius 2 is 1.79 bits per heavy atom. The summed E-state index contributed by atoms with van der Waals surface area (Å²) < 4.78 is 25.6. The van der Waals surface area contributed by atoms with Gasteiger partial charge in [0.2, 0.25) is 21.8 Å². The molecule has 0 atom stereocenters. The van der Waals surface area contributed by atoms with Crippen molar-refractivity contribution < 1.29 is 18.0 Å². The van der Waals surface area contributed by atoms with Crippen LogP contribution in [0, 0.1) is 6.92 Å². The molecule has 2 aromatic rings. The summed E-state index contributed by atoms with van der Waals surface area (Å²) in [4.78, 5) is 23.2. The Kier molecular flexibility index (Phi) is 7.04. The second-order valence-electron chi connectivity index (χ2n) is 6.36. The SMILES string of the molecule is Cc1ccc(Cl)cc1N(CCCC(=O)Nc1ccc(C(N)=O)cc1)S(C)(=O)=O. The highest BCUT2D eigenvalue weighted by molar-refractivity contribution is 7.92. The average molecular weight is 424 g/mol. The third-order valence-corrected chi connectivity index (χ3v) is 5.47. The number of rotatable bonds is 8. The molecule has 0 aliphatic carbocycles. The number of primary amides is 1. The Morgan fingerprint density at radius 1 is 1.14 bits per heavy atom. The summed E-state index contributed by atoms with van der Waals surface area (Å²) in [5.41, 5.74) is 7.32. The number of carbonyl (C=O) groups excluding carboxylic acids is 2. The number of anilines is 2. The van der Waals surface area contributed by atoms with E-state index in [4.69, 9.17) is 17.3 Å². The van der Waals surface area contributed by atoms with E-state index in [1.54, 1.807) is 37.3 Å². The first-order chi connectivity index (χ1) is 13.1. The van der Waals surface area contributed by atoms with Crippen LogP contribution >= 0.6 is 11.6 Å². The van der Waals surface area contributed by atoms with E-state index in [1.807, 2.05) is 0 Å². The Balaban J connectivity index is 1.99. The minimum absolute atomic E-state index is 0.128. The molecule has 0 spiro atoms. The van der Waals surface area contributed by atoms with Crippen molar-refractivity contribution in [3.05, 3.63) is 58.6 Å². The summed E-state index contributed by atoms with van der Waals surface area (Å²) in [6.07, 6.45) is 1.57. The largest absolute Gasteiger partial charge is 0.366 e. The number of amides is 2. The smallest absolute Gasteiger partial charge is 0.248 e. The van der Waals surface area contributed by atoms with Gasteiger partial charge < -0.3 is 11.1 Å². The maximum absolute atomic E-state index is 12.2. The van der Waals surface area contributed by atoms with Gasteiger partial charge in [-0.2, -0.15) is 0 Å². The lowest BCUT2D eigenvalue weighted by Gasteiger charge is -2.24. The Labute approximate surface area is 169 Å². The first-order valence-corrected chi connectivity index (χ1v) is 10.7. The number of nitrogens with zero attached hydrogens (tertiary/aromatic N) is 1. The molecule has 0 fully saturated rings. The van der Waals surface area contributed by atoms with E-state index in [9.17, 15) is 18.0 Å². The van der Waals surface area contributed by atoms with Crippen LogP contribution in [0.1, 0.15) is 28.8 Å². The van der Waals surface area contributed by atoms with Crippen LogP contribution in [-0.2, 0) is 14.8 Å². The number of nitrogens with one attached hydrogen (secondary N) is 1. The highest BCUT2D eigenvalue weighted by Crippen LogP contribution is 2.26. The second kappa shape index (κ2) is 9.07. The van der Waals surface area contributed by atoms with E-state index < -0.39 is 15.9 Å². The fraction of sp³-hybridized carbons (Fsp3) is 0.263. The molecule has 7 nitrogen and oxygen atoms in total. The van der Waals surface area contributed by atoms with Crippen molar-refractivity contribution >= 4 is 44.8 Å². The zero-order valence-corrected chi connectivity index (χ0v) is 17.2. The fourth-order valence-electron chi connectivity index (χ4n) is 2.64. The van der Waals surface area contributed by atoms with Gasteiger partial charge in [0.05, 0.1) is 11.9 Å². The summed E-state index contributed by atoms with van der Waals surface area (Å²) in [5, 5.41) is 3.14. The summed E-state index contributed by atoms with van der Waals surface area (Å²) >= 11 is 6.00. The highest BCUT2D eigenvalue weighted by atomic mass is 35.5. The first kappa shape index (κ1) is 21.7. The van der Waals surface area contributed by atoms with Gasteiger partial charge in [0.25, 0.3) is 0 Å². The second-order valence-corrected chi connectivity index (χ2v) is 8.70. The van der Waals surface area contributed by atoms with Gasteiger partial charge in [0, 0.05) is 29.2 Å². The Morgan fingerprint density at radius 3 is 2.36 bits per heavy atom. The predicted octanol–water partition coefficient (Wildman–Crippen LogP) is 2.93. The first-order valence-electron chi connectivity index (χ1n) is 8.51. The van der Waals surface area contributed by atoms with Crippen LogP contribution in [0.2, 0.25) is 5.02 Å². The summed E-state index contributed by atoms with van der Waals surface area (Å²) in [6, 6.07) is 11.2. The van der Waals surface area contributed by atoms with Gasteiger partial charge in [-0.25, -0.2) is 8.42 Å². The standard InChI is InChI=1S/C19H22ClN3O4S/c1-13-5-8-15(20)12-17(13)23(28(2,26)27)11-3-4-18(24)22-16-9-6-14(7-10-16)19(21)25/h5-10,12H,3-4,11H2,1-2H3,(H2,21,25)(H,22,24). The minimum Gasteiger partial charge on any atom is -0.366 e. The van der Waals surface area contributed by atoms with Crippen LogP contribution in [0.5, 0.6) is 0 Å². The van der Waals surface area contributed by atoms with E-state index in [1.165, 1.54) is 16.4 Å². The van der Waals surface area contributed by atoms with E-state index in [2.05, 4.69) is 5.32 Å². The average Bonchev–Trinajstić information content (AvgIpc) is 2.60. The van der Waals surface area contributed by atoms with E-state index in [0.717, 1.165) is 11.8 Å². The molecule has 2 rings (SSSR count). The number of carbonyl (C=O) groups is 2. The molecule has 28 heavy (non-hydrogen) atoms. The van der Waals surface area contributed by atoms with Crippen LogP contribution in [0.25, 0.3) is 0 Å². The zero-order chi connectivity index (χ0) is 20.9. The van der Waals surface area contributed by atoms with Gasteiger partial charge in [0.1, 0.15) is 0 Å². The zero-order valence-electron chi connectivity index (χ0n) is 15.6. The Hall–Kier alpha value is -2.58. The van der Waals surface area contributed by atoms with Crippen molar-refractivity contribution in [2.75, 3.05) is 22.4 Å². The maximum Gasteiger partial charge on any atom is 0.248 e. The molecule has 0 saturated heterocycles. The maximum atomic E-state index is 12.2. The topological polar surface area (TPSA) is 110 Å². The molecular weight excluding hydrogens is 402 g/mol. The van der Waals surface area contributed by atoms with Crippen LogP contribution in [0.4, 0.5) is 11.4 Å². The number of hydrogen-bond donors (Lipinski definition) is 2. The third kappa shape index (κ3) is 5.97. The molecule has 0 radical (unpaired) electrons. The van der Waals surface area contributed by atoms with Crippen molar-refractivity contribution in [2.24, 2.45) is 5.73 Å². The lowest BCUT2D eigenvalue weighted by Crippen LogP contribution is -2.32. The van der Waals surface area contributed by atoms with Crippen molar-refractivity contribution in [1.82, 2.24) is 0 Å². The molecule has 0 saturated carbocycles. The molecule has 150 valence electrons. The van der Waals surface area contributed by atoms with E-state index in [-0.39, 0.29) is 18.9 Å². The molecule has 2 amide bonds. The molecular formula is C19H22ClN3O4S. The van der Waals surface area contributed by atoms with Crippen LogP contribution in [0.3, 0.4) is 0 Å². The van der Waals surface area contributed by atoms with Crippen LogP contribution in [-0.4, -0.2) is 33.0 Å². The molecule has 0 aliphatic heterocycles. The molecule has 3 N–H and O–H groups in total. The number of sulfonamides is 1. The van der Waals surface area contributed by atoms with Gasteiger partial charge >= 0.3 is 0 Å². The van der Waals surface area contributed by atoms with Crippen LogP contribution < -0.4 is 15.4 Å². The van der Waals surface area contributed by atoms with E-state index >= 15 is 0 Å². The van der Waals surface area contributed by atoms with Gasteiger partial charge in [-0.05, 0) is 55.3 Å². The molecule has 0 unspecified atom stereocenters. The van der Waals surface area contributed by atoms with Crippen LogP contribution in [0.15, 0.2) is 42.5 Å². The number of hydrogen-bond acceptors (Lipinski definition) is 4. The molecule has 2 aromatic carbocycles. The lowest BCUT2D eigenvalue weighted by atomic mass is 10.2. The monoisotopic (exact) mass is 423 g/mol. The molecule has 0 aromatic heterocycles. The van der Waals surface area contributed by atoms with Crippen molar-refractivity contribution in [3.8, 4) is 0 Å². The quantitative estimate of drug-likeness (QED) is 0.680. The molecule has 0 bridgehead atoms. The number of aryl methyl sites for hydroxylation is 1. The molecule has 0 heterocycles. The number of halogens is 1. The third-order valence-electron chi connectivity index (χ3n) is 4.06.